The summed E-state index contributed by atoms with van der Waals surface area (Å²) in [5.41, 5.74) is 0. The van der Waals surface area contributed by atoms with Gasteiger partial charge in [0.05, 0.1) is 7.11 Å². The Kier molecular flexibility index (Phi) is 318. The van der Waals surface area contributed by atoms with Gasteiger partial charge in [0.1, 0.15) is 0 Å². The molecule has 0 aromatic carbocycles. The molecule has 0 saturated heterocycles. The Bertz CT molecular complexity index is 33.5. The maximum Gasteiger partial charge on any atom is 0.292 e. The second-order valence-electron chi connectivity index (χ2n) is 0.332. The molecule has 0 saturated carbocycles. The predicted octanol–water partition coefficient (Wildman–Crippen LogP) is 1.39. The van der Waals surface area contributed by atoms with Crippen LogP contribution >= 0.6 is 0 Å². The van der Waals surface area contributed by atoms with E-state index in [1.807, 2.05) is 0 Å². The summed E-state index contributed by atoms with van der Waals surface area (Å²) in [5, 5.41) is 0. The predicted molar refractivity (Wildman–Crippen MR) is 35.6 cm³/mol. The summed E-state index contributed by atoms with van der Waals surface area (Å²) in [6.45, 7) is 12.4. The van der Waals surface area contributed by atoms with E-state index < -0.39 is 0 Å². The number of carbonyl (C=O) groups excluding carboxylic acids is 1. The van der Waals surface area contributed by atoms with Gasteiger partial charge in [-0.3, -0.25) is 4.79 Å². The van der Waals surface area contributed by atoms with Crippen LogP contribution in [0.3, 0.4) is 0 Å². The van der Waals surface area contributed by atoms with Crippen molar-refractivity contribution in [1.82, 2.24) is 0 Å². The fraction of sp³-hybridized carbons (Fsp3) is 0.167. The van der Waals surface area contributed by atoms with Crippen LogP contribution in [0.15, 0.2) is 26.3 Å². The van der Waals surface area contributed by atoms with Gasteiger partial charge < -0.3 is 4.74 Å². The molecule has 2 nitrogen and oxygen atoms in total. The lowest BCUT2D eigenvalue weighted by molar-refractivity contribution is -0.126. The zero-order chi connectivity index (χ0) is 7.41. The second kappa shape index (κ2) is 162. The molecule has 0 atom stereocenters. The standard InChI is InChI=1S/C2H4O2.2C2H4/c1-4-2-3;2*1-2/h2H,1H3;2*1-2H2. The summed E-state index contributed by atoms with van der Waals surface area (Å²) in [7, 11) is 1.31. The third-order valence-electron chi connectivity index (χ3n) is 0.0962. The first-order chi connectivity index (χ1) is 3.91. The topological polar surface area (TPSA) is 26.3 Å². The summed E-state index contributed by atoms with van der Waals surface area (Å²) >= 11 is 0. The van der Waals surface area contributed by atoms with Crippen LogP contribution in [0.25, 0.3) is 0 Å². The average molecular weight is 116 g/mol. The number of carbonyl (C=O) groups is 1. The van der Waals surface area contributed by atoms with E-state index in [-0.39, 0.29) is 0 Å². The fourth-order valence-electron chi connectivity index (χ4n) is 0. The normalized spacial score (nSPS) is 3.62. The number of ether oxygens (including phenoxy) is 1. The van der Waals surface area contributed by atoms with Gasteiger partial charge >= 0.3 is 0 Å². The molecule has 0 bridgehead atoms. The van der Waals surface area contributed by atoms with Gasteiger partial charge in [-0.1, -0.05) is 0 Å². The Labute approximate surface area is 50.5 Å². The lowest BCUT2D eigenvalue weighted by atomic mass is 11.3. The Balaban J connectivity index is -0.0000000542. The van der Waals surface area contributed by atoms with Gasteiger partial charge in [-0.05, 0) is 0 Å². The largest absolute Gasteiger partial charge is 0.471 e. The maximum absolute atomic E-state index is 8.95. The molecule has 48 valence electrons. The number of rotatable bonds is 1. The van der Waals surface area contributed by atoms with Crippen molar-refractivity contribution in [2.45, 2.75) is 0 Å². The molecule has 0 rings (SSSR count). The van der Waals surface area contributed by atoms with Crippen molar-refractivity contribution in [3.05, 3.63) is 26.3 Å². The highest BCUT2D eigenvalue weighted by Crippen LogP contribution is 1.35. The van der Waals surface area contributed by atoms with Crippen molar-refractivity contribution in [1.29, 1.82) is 0 Å². The van der Waals surface area contributed by atoms with Crippen molar-refractivity contribution in [2.75, 3.05) is 7.11 Å². The molecule has 0 amide bonds. The molecule has 0 fully saturated rings. The molecule has 8 heavy (non-hydrogen) atoms. The summed E-state index contributed by atoms with van der Waals surface area (Å²) < 4.78 is 3.86. The third kappa shape index (κ3) is 30900. The minimum absolute atomic E-state index is 0.375. The Morgan fingerprint density at radius 2 is 1.38 bits per heavy atom. The maximum atomic E-state index is 8.95. The van der Waals surface area contributed by atoms with Crippen molar-refractivity contribution in [3.63, 3.8) is 0 Å². The zero-order valence-corrected chi connectivity index (χ0v) is 5.22. The van der Waals surface area contributed by atoms with Crippen LogP contribution in [0.2, 0.25) is 0 Å². The number of hydrogen-bond acceptors (Lipinski definition) is 2. The van der Waals surface area contributed by atoms with Crippen molar-refractivity contribution >= 4 is 6.47 Å². The van der Waals surface area contributed by atoms with Crippen molar-refractivity contribution in [2.24, 2.45) is 0 Å². The quantitative estimate of drug-likeness (QED) is 0.382. The first-order valence-corrected chi connectivity index (χ1v) is 1.88. The fourth-order valence-corrected chi connectivity index (χ4v) is 0. The third-order valence-corrected chi connectivity index (χ3v) is 0.0962. The van der Waals surface area contributed by atoms with Gasteiger partial charge in [-0.15, -0.1) is 26.3 Å². The Morgan fingerprint density at radius 1 is 1.25 bits per heavy atom. The average Bonchev–Trinajstić information content (AvgIpc) is 1.96. The van der Waals surface area contributed by atoms with Crippen molar-refractivity contribution < 1.29 is 9.53 Å². The summed E-state index contributed by atoms with van der Waals surface area (Å²) in [5.74, 6) is 0. The van der Waals surface area contributed by atoms with Crippen LogP contribution < -0.4 is 0 Å². The number of methoxy groups -OCH3 is 1. The molecule has 0 radical (unpaired) electrons. The molecule has 0 aliphatic heterocycles. The van der Waals surface area contributed by atoms with Crippen molar-refractivity contribution in [3.8, 4) is 0 Å². The highest BCUT2D eigenvalue weighted by Gasteiger charge is 1.44. The van der Waals surface area contributed by atoms with Gasteiger partial charge in [-0.2, -0.15) is 0 Å². The minimum atomic E-state index is 0.375. The first-order valence-electron chi connectivity index (χ1n) is 1.88. The van der Waals surface area contributed by atoms with E-state index in [0.717, 1.165) is 0 Å². The second-order valence-corrected chi connectivity index (χ2v) is 0.332. The number of hydrogen-bond donors (Lipinski definition) is 0. The molecule has 0 heterocycles. The molecule has 0 aromatic heterocycles. The lowest BCUT2D eigenvalue weighted by Crippen LogP contribution is -1.68. The Morgan fingerprint density at radius 3 is 1.38 bits per heavy atom. The molecular formula is C6H12O2. The monoisotopic (exact) mass is 116 g/mol. The summed E-state index contributed by atoms with van der Waals surface area (Å²) in [6.07, 6.45) is 0. The van der Waals surface area contributed by atoms with E-state index in [0.29, 0.717) is 6.47 Å². The Hall–Kier alpha value is -1.05. The van der Waals surface area contributed by atoms with Gasteiger partial charge in [0.25, 0.3) is 6.47 Å². The lowest BCUT2D eigenvalue weighted by Gasteiger charge is -1.67. The zero-order valence-electron chi connectivity index (χ0n) is 5.22. The van der Waals surface area contributed by atoms with Crippen LogP contribution in [0.5, 0.6) is 0 Å². The van der Waals surface area contributed by atoms with Gasteiger partial charge in [-0.25, -0.2) is 0 Å². The molecular weight excluding hydrogens is 104 g/mol. The van der Waals surface area contributed by atoms with E-state index in [9.17, 15) is 0 Å². The van der Waals surface area contributed by atoms with Crippen LogP contribution in [-0.4, -0.2) is 13.6 Å². The van der Waals surface area contributed by atoms with E-state index in [2.05, 4.69) is 31.1 Å². The van der Waals surface area contributed by atoms with Crippen LogP contribution in [0.1, 0.15) is 0 Å². The molecule has 0 aliphatic rings. The smallest absolute Gasteiger partial charge is 0.292 e. The molecule has 2 heteroatoms. The van der Waals surface area contributed by atoms with Crippen LogP contribution in [-0.2, 0) is 9.53 Å². The summed E-state index contributed by atoms with van der Waals surface area (Å²) in [4.78, 5) is 8.95. The van der Waals surface area contributed by atoms with Gasteiger partial charge in [0.15, 0.2) is 0 Å². The highest BCUT2D eigenvalue weighted by atomic mass is 16.5. The van der Waals surface area contributed by atoms with E-state index in [1.54, 1.807) is 0 Å². The molecule has 0 aromatic rings. The van der Waals surface area contributed by atoms with Gasteiger partial charge in [0.2, 0.25) is 0 Å². The van der Waals surface area contributed by atoms with Gasteiger partial charge in [0, 0.05) is 0 Å². The van der Waals surface area contributed by atoms with E-state index in [4.69, 9.17) is 4.79 Å². The van der Waals surface area contributed by atoms with Crippen LogP contribution in [0.4, 0.5) is 0 Å². The first kappa shape index (κ1) is 15.8. The molecule has 0 N–H and O–H groups in total. The van der Waals surface area contributed by atoms with E-state index >= 15 is 0 Å². The molecule has 0 spiro atoms. The summed E-state index contributed by atoms with van der Waals surface area (Å²) in [6, 6.07) is 0. The molecule has 0 aliphatic carbocycles. The minimum Gasteiger partial charge on any atom is -0.471 e. The SMILES string of the molecule is C=C.C=C.COC=O. The van der Waals surface area contributed by atoms with Crippen LogP contribution in [0, 0.1) is 0 Å². The highest BCUT2D eigenvalue weighted by molar-refractivity contribution is 5.36. The molecule has 0 unspecified atom stereocenters. The van der Waals surface area contributed by atoms with E-state index in [1.165, 1.54) is 7.11 Å².